The Bertz CT molecular complexity index is 982. The maximum atomic E-state index is 6.04. The van der Waals surface area contributed by atoms with E-state index in [0.29, 0.717) is 11.6 Å². The van der Waals surface area contributed by atoms with Crippen LogP contribution in [-0.4, -0.2) is 21.7 Å². The molecule has 1 N–H and O–H groups in total. The minimum Gasteiger partial charge on any atom is -0.454 e. The molecule has 2 aliphatic heterocycles. The van der Waals surface area contributed by atoms with E-state index in [1.807, 2.05) is 40.4 Å². The Morgan fingerprint density at radius 2 is 2.04 bits per heavy atom. The fraction of sp³-hybridized carbons (Fsp3) is 0.0667. The van der Waals surface area contributed by atoms with Crippen molar-refractivity contribution in [3.05, 3.63) is 45.0 Å². The molecule has 120 valence electrons. The first kappa shape index (κ1) is 14.2. The van der Waals surface area contributed by atoms with E-state index in [4.69, 9.17) is 21.1 Å². The SMILES string of the molecule is Clc1ccc(C2=CSc3nnc(-c4ccc5c(c4)OCO5)n3N2)s1. The Morgan fingerprint density at radius 3 is 2.92 bits per heavy atom. The predicted molar refractivity (Wildman–Crippen MR) is 94.1 cm³/mol. The molecule has 2 aromatic heterocycles. The van der Waals surface area contributed by atoms with Crippen LogP contribution >= 0.6 is 34.7 Å². The molecule has 0 radical (unpaired) electrons. The standard InChI is InChI=1S/C15H9ClN4O2S2/c16-13-4-3-12(24-13)9-6-23-15-18-17-14(20(15)19-9)8-1-2-10-11(5-8)22-7-21-10/h1-6,19H,7H2. The lowest BCUT2D eigenvalue weighted by molar-refractivity contribution is 0.174. The molecule has 0 saturated carbocycles. The second-order valence-corrected chi connectivity index (χ2v) is 7.63. The number of nitrogens with zero attached hydrogens (tertiary/aromatic N) is 3. The summed E-state index contributed by atoms with van der Waals surface area (Å²) < 4.78 is 13.4. The van der Waals surface area contributed by atoms with Crippen LogP contribution in [0.4, 0.5) is 0 Å². The van der Waals surface area contributed by atoms with Crippen molar-refractivity contribution in [3.8, 4) is 22.9 Å². The number of hydrogen-bond donors (Lipinski definition) is 1. The molecule has 2 aliphatic rings. The largest absolute Gasteiger partial charge is 0.454 e. The van der Waals surface area contributed by atoms with Gasteiger partial charge in [-0.2, -0.15) is 0 Å². The summed E-state index contributed by atoms with van der Waals surface area (Å²) in [4.78, 5) is 1.06. The van der Waals surface area contributed by atoms with E-state index >= 15 is 0 Å². The number of hydrogen-bond acceptors (Lipinski definition) is 7. The molecule has 1 aromatic carbocycles. The highest BCUT2D eigenvalue weighted by molar-refractivity contribution is 8.02. The molecule has 0 amide bonds. The van der Waals surface area contributed by atoms with Gasteiger partial charge in [0, 0.05) is 11.0 Å². The Labute approximate surface area is 150 Å². The van der Waals surface area contributed by atoms with Gasteiger partial charge in [-0.25, -0.2) is 4.68 Å². The molecule has 6 nitrogen and oxygen atoms in total. The van der Waals surface area contributed by atoms with E-state index in [1.165, 1.54) is 23.1 Å². The van der Waals surface area contributed by atoms with Crippen LogP contribution in [0.5, 0.6) is 11.5 Å². The zero-order valence-corrected chi connectivity index (χ0v) is 14.4. The van der Waals surface area contributed by atoms with Crippen LogP contribution in [0.3, 0.4) is 0 Å². The number of nitrogens with one attached hydrogen (secondary N) is 1. The summed E-state index contributed by atoms with van der Waals surface area (Å²) in [6.45, 7) is 0.247. The van der Waals surface area contributed by atoms with Gasteiger partial charge in [0.25, 0.3) is 0 Å². The number of rotatable bonds is 2. The molecule has 0 saturated heterocycles. The Kier molecular flexibility index (Phi) is 3.22. The second-order valence-electron chi connectivity index (χ2n) is 5.07. The smallest absolute Gasteiger partial charge is 0.231 e. The molecule has 0 spiro atoms. The van der Waals surface area contributed by atoms with Crippen LogP contribution in [0.1, 0.15) is 4.88 Å². The van der Waals surface area contributed by atoms with Crippen molar-refractivity contribution in [1.82, 2.24) is 14.9 Å². The summed E-state index contributed by atoms with van der Waals surface area (Å²) in [5, 5.41) is 11.3. The molecule has 24 heavy (non-hydrogen) atoms. The first-order chi connectivity index (χ1) is 11.8. The van der Waals surface area contributed by atoms with Gasteiger partial charge in [0.2, 0.25) is 11.9 Å². The quantitative estimate of drug-likeness (QED) is 0.728. The monoisotopic (exact) mass is 376 g/mol. The van der Waals surface area contributed by atoms with Crippen LogP contribution in [-0.2, 0) is 0 Å². The summed E-state index contributed by atoms with van der Waals surface area (Å²) in [5.74, 6) is 2.17. The molecule has 0 aliphatic carbocycles. The van der Waals surface area contributed by atoms with Crippen molar-refractivity contribution in [2.24, 2.45) is 0 Å². The van der Waals surface area contributed by atoms with Gasteiger partial charge in [0.1, 0.15) is 0 Å². The van der Waals surface area contributed by atoms with Gasteiger partial charge < -0.3 is 9.47 Å². The Morgan fingerprint density at radius 1 is 1.12 bits per heavy atom. The van der Waals surface area contributed by atoms with Crippen molar-refractivity contribution in [2.45, 2.75) is 5.16 Å². The molecule has 0 fully saturated rings. The highest BCUT2D eigenvalue weighted by Crippen LogP contribution is 2.38. The lowest BCUT2D eigenvalue weighted by Crippen LogP contribution is -2.17. The van der Waals surface area contributed by atoms with E-state index in [-0.39, 0.29) is 6.79 Å². The van der Waals surface area contributed by atoms with E-state index in [0.717, 1.165) is 31.4 Å². The number of thioether (sulfide) groups is 1. The zero-order valence-electron chi connectivity index (χ0n) is 12.0. The number of halogens is 1. The fourth-order valence-corrected chi connectivity index (χ4v) is 4.31. The molecule has 0 atom stereocenters. The van der Waals surface area contributed by atoms with Crippen molar-refractivity contribution in [1.29, 1.82) is 0 Å². The molecule has 9 heteroatoms. The first-order valence-electron chi connectivity index (χ1n) is 7.03. The molecule has 0 unspecified atom stereocenters. The minimum absolute atomic E-state index is 0.247. The van der Waals surface area contributed by atoms with Gasteiger partial charge in [-0.1, -0.05) is 23.4 Å². The lowest BCUT2D eigenvalue weighted by Gasteiger charge is -2.18. The van der Waals surface area contributed by atoms with E-state index < -0.39 is 0 Å². The third kappa shape index (κ3) is 2.26. The molecule has 3 aromatic rings. The van der Waals surface area contributed by atoms with Crippen molar-refractivity contribution in [3.63, 3.8) is 0 Å². The zero-order chi connectivity index (χ0) is 16.1. The Balaban J connectivity index is 1.53. The molecule has 5 rings (SSSR count). The summed E-state index contributed by atoms with van der Waals surface area (Å²) in [7, 11) is 0. The number of aromatic nitrogens is 3. The predicted octanol–water partition coefficient (Wildman–Crippen LogP) is 4.04. The highest BCUT2D eigenvalue weighted by Gasteiger charge is 2.22. The van der Waals surface area contributed by atoms with Crippen molar-refractivity contribution >= 4 is 40.4 Å². The van der Waals surface area contributed by atoms with Gasteiger partial charge in [-0.05, 0) is 30.3 Å². The van der Waals surface area contributed by atoms with Crippen LogP contribution in [0.25, 0.3) is 17.1 Å². The van der Waals surface area contributed by atoms with Crippen molar-refractivity contribution in [2.75, 3.05) is 12.2 Å². The maximum Gasteiger partial charge on any atom is 0.231 e. The van der Waals surface area contributed by atoms with Crippen LogP contribution in [0, 0.1) is 0 Å². The number of benzene rings is 1. The second kappa shape index (κ2) is 5.44. The number of fused-ring (bicyclic) bond motifs is 2. The summed E-state index contributed by atoms with van der Waals surface area (Å²) in [5.41, 5.74) is 5.22. The number of thiophene rings is 1. The fourth-order valence-electron chi connectivity index (χ4n) is 2.50. The third-order valence-electron chi connectivity index (χ3n) is 3.62. The van der Waals surface area contributed by atoms with Crippen molar-refractivity contribution < 1.29 is 9.47 Å². The first-order valence-corrected chi connectivity index (χ1v) is 9.10. The normalized spacial score (nSPS) is 15.0. The van der Waals surface area contributed by atoms with E-state index in [1.54, 1.807) is 0 Å². The molecular formula is C15H9ClN4O2S2. The summed E-state index contributed by atoms with van der Waals surface area (Å²) in [6, 6.07) is 9.60. The molecule has 0 bridgehead atoms. The maximum absolute atomic E-state index is 6.04. The summed E-state index contributed by atoms with van der Waals surface area (Å²) in [6.07, 6.45) is 0. The van der Waals surface area contributed by atoms with Gasteiger partial charge in [-0.15, -0.1) is 21.5 Å². The van der Waals surface area contributed by atoms with Crippen LogP contribution < -0.4 is 14.9 Å². The summed E-state index contributed by atoms with van der Waals surface area (Å²) >= 11 is 9.07. The third-order valence-corrected chi connectivity index (χ3v) is 5.71. The van der Waals surface area contributed by atoms with Crippen LogP contribution in [0.15, 0.2) is 40.9 Å². The van der Waals surface area contributed by atoms with Crippen LogP contribution in [0.2, 0.25) is 4.34 Å². The van der Waals surface area contributed by atoms with E-state index in [9.17, 15) is 0 Å². The van der Waals surface area contributed by atoms with E-state index in [2.05, 4.69) is 15.6 Å². The minimum atomic E-state index is 0.247. The number of ether oxygens (including phenoxy) is 2. The van der Waals surface area contributed by atoms with Gasteiger partial charge in [0.05, 0.1) is 14.9 Å². The van der Waals surface area contributed by atoms with Gasteiger partial charge in [-0.3, -0.25) is 5.43 Å². The average molecular weight is 377 g/mol. The molecular weight excluding hydrogens is 368 g/mol. The average Bonchev–Trinajstić information content (AvgIpc) is 3.32. The van der Waals surface area contributed by atoms with Gasteiger partial charge >= 0.3 is 0 Å². The molecule has 4 heterocycles. The lowest BCUT2D eigenvalue weighted by atomic mass is 10.2. The highest BCUT2D eigenvalue weighted by atomic mass is 35.5. The Hall–Kier alpha value is -2.16. The van der Waals surface area contributed by atoms with Gasteiger partial charge in [0.15, 0.2) is 17.3 Å². The topological polar surface area (TPSA) is 61.2 Å².